The number of hydrogen-bond acceptors (Lipinski definition) is 8. The van der Waals surface area contributed by atoms with E-state index in [1.165, 1.54) is 0 Å². The van der Waals surface area contributed by atoms with Crippen molar-refractivity contribution in [2.24, 2.45) is 0 Å². The highest BCUT2D eigenvalue weighted by Gasteiger charge is 2.13. The van der Waals surface area contributed by atoms with Crippen molar-refractivity contribution in [2.45, 2.75) is 26.8 Å². The molecule has 0 spiro atoms. The molecule has 0 radical (unpaired) electrons. The van der Waals surface area contributed by atoms with Crippen LogP contribution in [-0.4, -0.2) is 39.9 Å². The van der Waals surface area contributed by atoms with Crippen LogP contribution in [0.1, 0.15) is 24.0 Å². The van der Waals surface area contributed by atoms with Crippen LogP contribution in [0.3, 0.4) is 0 Å². The van der Waals surface area contributed by atoms with Gasteiger partial charge in [-0.3, -0.25) is 15.0 Å². The molecule has 0 amide bonds. The summed E-state index contributed by atoms with van der Waals surface area (Å²) in [6.45, 7) is 4.47. The van der Waals surface area contributed by atoms with Crippen LogP contribution in [0.2, 0.25) is 0 Å². The lowest BCUT2D eigenvalue weighted by Gasteiger charge is -2.05. The molecule has 4 aromatic heterocycles. The van der Waals surface area contributed by atoms with Gasteiger partial charge in [-0.15, -0.1) is 5.10 Å². The maximum atomic E-state index is 5.91. The van der Waals surface area contributed by atoms with Crippen molar-refractivity contribution in [2.75, 3.05) is 5.73 Å². The summed E-state index contributed by atoms with van der Waals surface area (Å²) < 4.78 is 1.72. The minimum atomic E-state index is 0.143. The first-order valence-corrected chi connectivity index (χ1v) is 8.90. The Kier molecular flexibility index (Phi) is 4.71. The molecule has 140 valence electrons. The number of hydrogen-bond donors (Lipinski definition) is 1. The third-order valence-electron chi connectivity index (χ3n) is 4.22. The zero-order chi connectivity index (χ0) is 19.5. The van der Waals surface area contributed by atoms with E-state index in [1.807, 2.05) is 31.3 Å². The summed E-state index contributed by atoms with van der Waals surface area (Å²) in [4.78, 5) is 21.8. The Morgan fingerprint density at radius 2 is 1.75 bits per heavy atom. The van der Waals surface area contributed by atoms with Gasteiger partial charge in [-0.2, -0.15) is 0 Å². The topological polar surface area (TPSA) is 121 Å². The predicted molar refractivity (Wildman–Crippen MR) is 104 cm³/mol. The van der Waals surface area contributed by atoms with Gasteiger partial charge in [0.15, 0.2) is 0 Å². The van der Waals surface area contributed by atoms with Gasteiger partial charge in [-0.25, -0.2) is 14.6 Å². The van der Waals surface area contributed by atoms with Gasteiger partial charge in [0.05, 0.1) is 35.5 Å². The fourth-order valence-electron chi connectivity index (χ4n) is 2.85. The van der Waals surface area contributed by atoms with E-state index < -0.39 is 0 Å². The van der Waals surface area contributed by atoms with Crippen LogP contribution in [-0.2, 0) is 13.0 Å². The van der Waals surface area contributed by atoms with Crippen molar-refractivity contribution >= 4 is 5.95 Å². The monoisotopic (exact) mass is 373 g/mol. The van der Waals surface area contributed by atoms with Crippen LogP contribution in [0.5, 0.6) is 0 Å². The quantitative estimate of drug-likeness (QED) is 0.564. The van der Waals surface area contributed by atoms with Gasteiger partial charge < -0.3 is 5.73 Å². The molecule has 4 rings (SSSR count). The van der Waals surface area contributed by atoms with Gasteiger partial charge in [0, 0.05) is 18.1 Å². The highest BCUT2D eigenvalue weighted by atomic mass is 15.4. The number of aromatic nitrogens is 8. The Labute approximate surface area is 161 Å². The highest BCUT2D eigenvalue weighted by Crippen LogP contribution is 2.23. The number of nitrogen functional groups attached to an aromatic ring is 1. The summed E-state index contributed by atoms with van der Waals surface area (Å²) in [5, 5.41) is 8.42. The van der Waals surface area contributed by atoms with Gasteiger partial charge in [-0.05, 0) is 31.5 Å². The SMILES string of the molecule is CCc1cccc(Cn2cc(-c3cc(-c4nccnc4C)nc(N)n3)nn2)n1. The Morgan fingerprint density at radius 1 is 0.964 bits per heavy atom. The number of pyridine rings is 1. The van der Waals surface area contributed by atoms with Crippen LogP contribution in [0.15, 0.2) is 42.9 Å². The van der Waals surface area contributed by atoms with Crippen molar-refractivity contribution in [3.8, 4) is 22.8 Å². The van der Waals surface area contributed by atoms with E-state index in [2.05, 4.69) is 42.2 Å². The van der Waals surface area contributed by atoms with E-state index in [0.717, 1.165) is 23.5 Å². The average Bonchev–Trinajstić information content (AvgIpc) is 3.16. The van der Waals surface area contributed by atoms with Gasteiger partial charge in [-0.1, -0.05) is 18.2 Å². The number of anilines is 1. The Hall–Kier alpha value is -3.75. The second kappa shape index (κ2) is 7.47. The third kappa shape index (κ3) is 3.68. The van der Waals surface area contributed by atoms with Crippen LogP contribution in [0.25, 0.3) is 22.8 Å². The zero-order valence-corrected chi connectivity index (χ0v) is 15.6. The summed E-state index contributed by atoms with van der Waals surface area (Å²) in [5.74, 6) is 0.143. The van der Waals surface area contributed by atoms with Gasteiger partial charge in [0.1, 0.15) is 11.4 Å². The highest BCUT2D eigenvalue weighted by molar-refractivity contribution is 5.65. The Balaban J connectivity index is 1.64. The van der Waals surface area contributed by atoms with Crippen LogP contribution in [0.4, 0.5) is 5.95 Å². The van der Waals surface area contributed by atoms with Crippen molar-refractivity contribution < 1.29 is 0 Å². The molecule has 0 aromatic carbocycles. The van der Waals surface area contributed by atoms with Crippen LogP contribution < -0.4 is 5.73 Å². The number of nitrogens with zero attached hydrogens (tertiary/aromatic N) is 8. The molecule has 0 bridgehead atoms. The molecular formula is C19H19N9. The van der Waals surface area contributed by atoms with Gasteiger partial charge >= 0.3 is 0 Å². The second-order valence-electron chi connectivity index (χ2n) is 6.26. The summed E-state index contributed by atoms with van der Waals surface area (Å²) in [5.41, 5.74) is 11.1. The smallest absolute Gasteiger partial charge is 0.221 e. The second-order valence-corrected chi connectivity index (χ2v) is 6.26. The number of rotatable bonds is 5. The number of aryl methyl sites for hydroxylation is 2. The molecule has 28 heavy (non-hydrogen) atoms. The minimum absolute atomic E-state index is 0.143. The third-order valence-corrected chi connectivity index (χ3v) is 4.22. The van der Waals surface area contributed by atoms with Crippen molar-refractivity contribution in [3.63, 3.8) is 0 Å². The first kappa shape index (κ1) is 17.7. The molecule has 0 aliphatic heterocycles. The fraction of sp³-hybridized carbons (Fsp3) is 0.211. The van der Waals surface area contributed by atoms with Gasteiger partial charge in [0.25, 0.3) is 0 Å². The predicted octanol–water partition coefficient (Wildman–Crippen LogP) is 2.09. The van der Waals surface area contributed by atoms with E-state index >= 15 is 0 Å². The maximum Gasteiger partial charge on any atom is 0.221 e. The molecule has 0 unspecified atom stereocenters. The van der Waals surface area contributed by atoms with Crippen molar-refractivity contribution in [1.29, 1.82) is 0 Å². The molecule has 0 aliphatic rings. The van der Waals surface area contributed by atoms with Crippen molar-refractivity contribution in [3.05, 3.63) is 59.9 Å². The van der Waals surface area contributed by atoms with E-state index in [9.17, 15) is 0 Å². The fourth-order valence-corrected chi connectivity index (χ4v) is 2.85. The van der Waals surface area contributed by atoms with Crippen LogP contribution in [0, 0.1) is 6.92 Å². The summed E-state index contributed by atoms with van der Waals surface area (Å²) >= 11 is 0. The molecule has 4 aromatic rings. The molecule has 9 heteroatoms. The van der Waals surface area contributed by atoms with E-state index in [4.69, 9.17) is 5.73 Å². The van der Waals surface area contributed by atoms with E-state index in [-0.39, 0.29) is 5.95 Å². The Morgan fingerprint density at radius 3 is 2.57 bits per heavy atom. The lowest BCUT2D eigenvalue weighted by molar-refractivity contribution is 0.636. The molecule has 4 heterocycles. The maximum absolute atomic E-state index is 5.91. The standard InChI is InChI=1S/C19H19N9/c1-3-13-5-4-6-14(23-13)10-28-11-17(26-27-28)15-9-16(25-19(20)24-15)18-12(2)21-7-8-22-18/h4-9,11H,3,10H2,1-2H3,(H2,20,24,25). The largest absolute Gasteiger partial charge is 0.368 e. The molecule has 0 atom stereocenters. The summed E-state index contributed by atoms with van der Waals surface area (Å²) in [6.07, 6.45) is 5.96. The molecule has 0 saturated carbocycles. The lowest BCUT2D eigenvalue weighted by Crippen LogP contribution is -2.03. The molecular weight excluding hydrogens is 354 g/mol. The Bertz CT molecular complexity index is 1120. The van der Waals surface area contributed by atoms with E-state index in [0.29, 0.717) is 29.3 Å². The average molecular weight is 373 g/mol. The van der Waals surface area contributed by atoms with Gasteiger partial charge in [0.2, 0.25) is 5.95 Å². The lowest BCUT2D eigenvalue weighted by atomic mass is 10.2. The molecule has 9 nitrogen and oxygen atoms in total. The minimum Gasteiger partial charge on any atom is -0.368 e. The molecule has 2 N–H and O–H groups in total. The zero-order valence-electron chi connectivity index (χ0n) is 15.6. The van der Waals surface area contributed by atoms with Crippen molar-refractivity contribution in [1.82, 2.24) is 39.9 Å². The van der Waals surface area contributed by atoms with Crippen LogP contribution >= 0.6 is 0 Å². The molecule has 0 saturated heterocycles. The first-order valence-electron chi connectivity index (χ1n) is 8.90. The normalized spacial score (nSPS) is 10.9. The first-order chi connectivity index (χ1) is 13.6. The summed E-state index contributed by atoms with van der Waals surface area (Å²) in [6, 6.07) is 7.77. The van der Waals surface area contributed by atoms with E-state index in [1.54, 1.807) is 23.1 Å². The number of nitrogens with two attached hydrogens (primary N) is 1. The molecule has 0 aliphatic carbocycles. The molecule has 0 fully saturated rings. The summed E-state index contributed by atoms with van der Waals surface area (Å²) in [7, 11) is 0.